The van der Waals surface area contributed by atoms with Gasteiger partial charge in [-0.05, 0) is 27.6 Å². The smallest absolute Gasteiger partial charge is 0.0461 e. The maximum Gasteiger partial charge on any atom is 0.0461 e. The molecule has 1 aliphatic heterocycles. The summed E-state index contributed by atoms with van der Waals surface area (Å²) >= 11 is 5.63. The van der Waals surface area contributed by atoms with Crippen molar-refractivity contribution in [2.24, 2.45) is 0 Å². The molecule has 1 unspecified atom stereocenters. The maximum atomic E-state index is 5.88. The highest BCUT2D eigenvalue weighted by atomic mass is 79.9. The van der Waals surface area contributed by atoms with Crippen LogP contribution in [0.3, 0.4) is 0 Å². The van der Waals surface area contributed by atoms with Crippen LogP contribution in [0.15, 0.2) is 22.7 Å². The molecule has 1 heterocycles. The van der Waals surface area contributed by atoms with Gasteiger partial charge in [0.1, 0.15) is 0 Å². The maximum absolute atomic E-state index is 5.88. The first kappa shape index (κ1) is 12.3. The molecule has 1 aliphatic rings. The molecule has 2 nitrogen and oxygen atoms in total. The zero-order valence-electron chi connectivity index (χ0n) is 9.45. The highest BCUT2D eigenvalue weighted by Gasteiger charge is 2.17. The van der Waals surface area contributed by atoms with Crippen LogP contribution in [0.4, 0.5) is 5.69 Å². The van der Waals surface area contributed by atoms with Crippen molar-refractivity contribution in [3.8, 4) is 0 Å². The van der Waals surface area contributed by atoms with Crippen molar-refractivity contribution in [3.05, 3.63) is 28.2 Å². The molecular weight excluding hydrogens is 284 g/mol. The SMILES string of the molecule is CC1CN(Cc2cccc(N)c2Br)CCS1. The number of rotatable bonds is 2. The van der Waals surface area contributed by atoms with Gasteiger partial charge in [-0.15, -0.1) is 0 Å². The molecule has 1 aromatic carbocycles. The van der Waals surface area contributed by atoms with Gasteiger partial charge in [-0.2, -0.15) is 11.8 Å². The third kappa shape index (κ3) is 2.93. The van der Waals surface area contributed by atoms with Crippen LogP contribution in [0.25, 0.3) is 0 Å². The molecule has 1 saturated heterocycles. The van der Waals surface area contributed by atoms with E-state index in [2.05, 4.69) is 45.6 Å². The molecule has 1 aromatic rings. The fourth-order valence-corrected chi connectivity index (χ4v) is 3.47. The van der Waals surface area contributed by atoms with Crippen molar-refractivity contribution in [1.29, 1.82) is 0 Å². The van der Waals surface area contributed by atoms with Crippen molar-refractivity contribution in [3.63, 3.8) is 0 Å². The predicted molar refractivity (Wildman–Crippen MR) is 75.8 cm³/mol. The van der Waals surface area contributed by atoms with Crippen molar-refractivity contribution in [2.75, 3.05) is 24.6 Å². The first-order valence-electron chi connectivity index (χ1n) is 5.53. The van der Waals surface area contributed by atoms with E-state index in [1.165, 1.54) is 24.4 Å². The van der Waals surface area contributed by atoms with E-state index < -0.39 is 0 Å². The number of anilines is 1. The Morgan fingerprint density at radius 2 is 2.38 bits per heavy atom. The van der Waals surface area contributed by atoms with Gasteiger partial charge in [0, 0.05) is 40.8 Å². The van der Waals surface area contributed by atoms with E-state index in [1.807, 2.05) is 12.1 Å². The number of nitrogens with two attached hydrogens (primary N) is 1. The first-order valence-corrected chi connectivity index (χ1v) is 7.38. The summed E-state index contributed by atoms with van der Waals surface area (Å²) in [7, 11) is 0. The van der Waals surface area contributed by atoms with Gasteiger partial charge in [-0.1, -0.05) is 19.1 Å². The third-order valence-corrected chi connectivity index (χ3v) is 4.93. The van der Waals surface area contributed by atoms with Gasteiger partial charge < -0.3 is 5.73 Å². The second kappa shape index (κ2) is 5.43. The van der Waals surface area contributed by atoms with E-state index >= 15 is 0 Å². The Labute approximate surface area is 110 Å². The van der Waals surface area contributed by atoms with Crippen molar-refractivity contribution >= 4 is 33.4 Å². The fraction of sp³-hybridized carbons (Fsp3) is 0.500. The molecular formula is C12H17BrN2S. The van der Waals surface area contributed by atoms with Crippen LogP contribution in [0.2, 0.25) is 0 Å². The summed E-state index contributed by atoms with van der Waals surface area (Å²) in [5.41, 5.74) is 8.00. The summed E-state index contributed by atoms with van der Waals surface area (Å²) in [6.07, 6.45) is 0. The summed E-state index contributed by atoms with van der Waals surface area (Å²) < 4.78 is 1.06. The van der Waals surface area contributed by atoms with E-state index in [0.29, 0.717) is 0 Å². The van der Waals surface area contributed by atoms with Gasteiger partial charge in [0.15, 0.2) is 0 Å². The monoisotopic (exact) mass is 300 g/mol. The molecule has 88 valence electrons. The van der Waals surface area contributed by atoms with Gasteiger partial charge in [0.05, 0.1) is 0 Å². The summed E-state index contributed by atoms with van der Waals surface area (Å²) in [6, 6.07) is 6.10. The molecule has 1 fully saturated rings. The van der Waals surface area contributed by atoms with Crippen molar-refractivity contribution in [1.82, 2.24) is 4.90 Å². The lowest BCUT2D eigenvalue weighted by Crippen LogP contribution is -2.36. The topological polar surface area (TPSA) is 29.3 Å². The highest BCUT2D eigenvalue weighted by molar-refractivity contribution is 9.10. The van der Waals surface area contributed by atoms with Crippen LogP contribution in [-0.2, 0) is 6.54 Å². The summed E-state index contributed by atoms with van der Waals surface area (Å²) in [6.45, 7) is 5.64. The lowest BCUT2D eigenvalue weighted by atomic mass is 10.2. The van der Waals surface area contributed by atoms with Crippen LogP contribution in [0.1, 0.15) is 12.5 Å². The molecule has 0 bridgehead atoms. The molecule has 2 N–H and O–H groups in total. The molecule has 0 saturated carbocycles. The molecule has 0 radical (unpaired) electrons. The zero-order chi connectivity index (χ0) is 11.5. The van der Waals surface area contributed by atoms with Crippen molar-refractivity contribution < 1.29 is 0 Å². The second-order valence-electron chi connectivity index (χ2n) is 4.24. The minimum atomic E-state index is 0.744. The number of benzene rings is 1. The lowest BCUT2D eigenvalue weighted by Gasteiger charge is -2.30. The number of nitrogens with zero attached hydrogens (tertiary/aromatic N) is 1. The molecule has 16 heavy (non-hydrogen) atoms. The average Bonchev–Trinajstić information content (AvgIpc) is 2.25. The van der Waals surface area contributed by atoms with E-state index in [1.54, 1.807) is 0 Å². The Bertz CT molecular complexity index is 370. The van der Waals surface area contributed by atoms with Gasteiger partial charge >= 0.3 is 0 Å². The summed E-state index contributed by atoms with van der Waals surface area (Å²) in [4.78, 5) is 2.50. The first-order chi connectivity index (χ1) is 7.66. The zero-order valence-corrected chi connectivity index (χ0v) is 11.9. The van der Waals surface area contributed by atoms with E-state index in [9.17, 15) is 0 Å². The van der Waals surface area contributed by atoms with Crippen LogP contribution >= 0.6 is 27.7 Å². The predicted octanol–water partition coefficient (Wildman–Crippen LogP) is 2.97. The van der Waals surface area contributed by atoms with E-state index in [0.717, 1.165) is 22.0 Å². The fourth-order valence-electron chi connectivity index (χ4n) is 2.00. The van der Waals surface area contributed by atoms with E-state index in [-0.39, 0.29) is 0 Å². The molecule has 1 atom stereocenters. The standard InChI is InChI=1S/C12H17BrN2S/c1-9-7-15(5-6-16-9)8-10-3-2-4-11(14)12(10)13/h2-4,9H,5-8,14H2,1H3. The summed E-state index contributed by atoms with van der Waals surface area (Å²) in [5, 5.41) is 0.744. The third-order valence-electron chi connectivity index (χ3n) is 2.83. The van der Waals surface area contributed by atoms with Gasteiger partial charge in [-0.3, -0.25) is 4.90 Å². The van der Waals surface area contributed by atoms with Gasteiger partial charge in [0.2, 0.25) is 0 Å². The molecule has 0 amide bonds. The van der Waals surface area contributed by atoms with Crippen LogP contribution < -0.4 is 5.73 Å². The molecule has 2 rings (SSSR count). The Kier molecular flexibility index (Phi) is 4.16. The van der Waals surface area contributed by atoms with Gasteiger partial charge in [0.25, 0.3) is 0 Å². The number of hydrogen-bond acceptors (Lipinski definition) is 3. The van der Waals surface area contributed by atoms with E-state index in [4.69, 9.17) is 5.73 Å². The normalized spacial score (nSPS) is 22.2. The number of nitrogen functional groups attached to an aromatic ring is 1. The average molecular weight is 301 g/mol. The number of thioether (sulfide) groups is 1. The highest BCUT2D eigenvalue weighted by Crippen LogP contribution is 2.26. The number of halogens is 1. The van der Waals surface area contributed by atoms with Crippen LogP contribution in [0, 0.1) is 0 Å². The Hall–Kier alpha value is -0.190. The molecule has 0 aliphatic carbocycles. The minimum Gasteiger partial charge on any atom is -0.398 e. The Morgan fingerprint density at radius 1 is 1.56 bits per heavy atom. The van der Waals surface area contributed by atoms with Crippen LogP contribution in [0.5, 0.6) is 0 Å². The van der Waals surface area contributed by atoms with Crippen molar-refractivity contribution in [2.45, 2.75) is 18.7 Å². The largest absolute Gasteiger partial charge is 0.398 e. The van der Waals surface area contributed by atoms with Gasteiger partial charge in [-0.25, -0.2) is 0 Å². The van der Waals surface area contributed by atoms with Crippen LogP contribution in [-0.4, -0.2) is 29.0 Å². The molecule has 0 spiro atoms. The molecule has 0 aromatic heterocycles. The quantitative estimate of drug-likeness (QED) is 0.852. The Balaban J connectivity index is 2.05. The minimum absolute atomic E-state index is 0.744. The lowest BCUT2D eigenvalue weighted by molar-refractivity contribution is 0.278. The second-order valence-corrected chi connectivity index (χ2v) is 6.58. The summed E-state index contributed by atoms with van der Waals surface area (Å²) in [5.74, 6) is 1.24. The Morgan fingerprint density at radius 3 is 3.12 bits per heavy atom. The molecule has 4 heteroatoms. The number of hydrogen-bond donors (Lipinski definition) is 1.